The number of benzene rings is 4. The van der Waals surface area contributed by atoms with Crippen molar-refractivity contribution in [1.29, 1.82) is 0 Å². The van der Waals surface area contributed by atoms with Gasteiger partial charge in [0.05, 0.1) is 11.2 Å². The third-order valence-corrected chi connectivity index (χ3v) is 17.2. The maximum absolute atomic E-state index is 11.4. The number of rotatable bonds is 31. The summed E-state index contributed by atoms with van der Waals surface area (Å²) in [6.45, 7) is 26.5. The standard InChI is InChI=1S/C37H54O4.C32H48O2/c1-7-11-12-13-14-15-23-36(39,8-2)24-22-30-16-17-31(25-28(30)5)37(9-3,10-4)32-18-20-34(29(6)26-32)40-27-33-19-21-35(38)41-33;1-7-11-12-13-14-15-21-31(34,8-2)22-20-27-16-17-28(23-25(27)5)32(9-3,10-4)29-18-19-30(33)26(6)24-29/h16-18,20,22,24-26,33,39H,7-15,19,21,23,27H2,1-6H3;16-20,22-24,33-34H,7-15,21H2,1-6H3/b24-22+;22-20+/t33-,36?;/m0./s1. The fourth-order valence-electron chi connectivity index (χ4n) is 11.4. The van der Waals surface area contributed by atoms with Crippen LogP contribution in [0.5, 0.6) is 11.5 Å². The lowest BCUT2D eigenvalue weighted by Gasteiger charge is -2.34. The lowest BCUT2D eigenvalue weighted by Crippen LogP contribution is -2.26. The number of ether oxygens (including phenoxy) is 2. The highest BCUT2D eigenvalue weighted by molar-refractivity contribution is 5.71. The second kappa shape index (κ2) is 30.9. The molecule has 6 nitrogen and oxygen atoms in total. The van der Waals surface area contributed by atoms with Gasteiger partial charge in [0.25, 0.3) is 0 Å². The van der Waals surface area contributed by atoms with Crippen molar-refractivity contribution in [2.45, 2.75) is 252 Å². The van der Waals surface area contributed by atoms with Gasteiger partial charge in [0.1, 0.15) is 24.2 Å². The molecular formula is C69H102O6. The average Bonchev–Trinajstić information content (AvgIpc) is 3.84. The second-order valence-corrected chi connectivity index (χ2v) is 22.3. The van der Waals surface area contributed by atoms with Gasteiger partial charge >= 0.3 is 5.97 Å². The van der Waals surface area contributed by atoms with E-state index in [0.29, 0.717) is 18.8 Å². The van der Waals surface area contributed by atoms with E-state index < -0.39 is 11.2 Å². The van der Waals surface area contributed by atoms with Crippen LogP contribution in [-0.4, -0.2) is 45.2 Å². The van der Waals surface area contributed by atoms with Crippen LogP contribution >= 0.6 is 0 Å². The summed E-state index contributed by atoms with van der Waals surface area (Å²) in [4.78, 5) is 11.4. The van der Waals surface area contributed by atoms with Crippen LogP contribution in [0.3, 0.4) is 0 Å². The zero-order valence-corrected chi connectivity index (χ0v) is 49.1. The van der Waals surface area contributed by atoms with Gasteiger partial charge in [0, 0.05) is 17.3 Å². The normalized spacial score (nSPS) is 15.7. The summed E-state index contributed by atoms with van der Waals surface area (Å²) in [5.41, 5.74) is 10.4. The van der Waals surface area contributed by atoms with Crippen molar-refractivity contribution in [1.82, 2.24) is 0 Å². The Balaban J connectivity index is 0.000000330. The van der Waals surface area contributed by atoms with Gasteiger partial charge < -0.3 is 24.8 Å². The van der Waals surface area contributed by atoms with E-state index in [4.69, 9.17) is 9.47 Å². The Labute approximate surface area is 456 Å². The van der Waals surface area contributed by atoms with Crippen LogP contribution in [0, 0.1) is 27.7 Å². The lowest BCUT2D eigenvalue weighted by atomic mass is 9.70. The van der Waals surface area contributed by atoms with E-state index >= 15 is 0 Å². The maximum atomic E-state index is 11.4. The molecule has 0 saturated carbocycles. The predicted octanol–water partition coefficient (Wildman–Crippen LogP) is 18.4. The quantitative estimate of drug-likeness (QED) is 0.0343. The zero-order valence-electron chi connectivity index (χ0n) is 49.1. The fraction of sp³-hybridized carbons (Fsp3) is 0.580. The van der Waals surface area contributed by atoms with Crippen LogP contribution in [0.25, 0.3) is 12.2 Å². The Morgan fingerprint density at radius 1 is 0.520 bits per heavy atom. The van der Waals surface area contributed by atoms with E-state index in [1.54, 1.807) is 0 Å². The number of aryl methyl sites for hydroxylation is 4. The number of phenolic OH excluding ortho intramolecular Hbond substituents is 1. The van der Waals surface area contributed by atoms with E-state index in [1.807, 2.05) is 25.1 Å². The van der Waals surface area contributed by atoms with Crippen molar-refractivity contribution in [3.8, 4) is 11.5 Å². The molecule has 0 radical (unpaired) electrons. The van der Waals surface area contributed by atoms with Crippen molar-refractivity contribution in [2.75, 3.05) is 6.61 Å². The van der Waals surface area contributed by atoms with Gasteiger partial charge in [-0.25, -0.2) is 0 Å². The van der Waals surface area contributed by atoms with Gasteiger partial charge in [-0.2, -0.15) is 0 Å². The zero-order chi connectivity index (χ0) is 55.1. The molecule has 4 aromatic carbocycles. The number of hydrogen-bond donors (Lipinski definition) is 3. The van der Waals surface area contributed by atoms with Crippen LogP contribution < -0.4 is 4.74 Å². The van der Waals surface area contributed by atoms with E-state index in [1.165, 1.54) is 103 Å². The SMILES string of the molecule is CCCCCCCCC(O)(/C=C/c1ccc(C(CC)(CC)c2ccc(O)c(C)c2)cc1C)CC.CCCCCCCCC(O)(/C=C/c1ccc(C(CC)(CC)c2ccc(OC[C@@H]3CCC(=O)O3)c(C)c2)cc1C)CC. The highest BCUT2D eigenvalue weighted by atomic mass is 16.6. The molecule has 0 spiro atoms. The molecule has 0 bridgehead atoms. The van der Waals surface area contributed by atoms with Gasteiger partial charge in [-0.3, -0.25) is 4.79 Å². The van der Waals surface area contributed by atoms with Crippen LogP contribution in [0.15, 0.2) is 84.9 Å². The molecule has 1 aliphatic rings. The first kappa shape index (κ1) is 62.9. The van der Waals surface area contributed by atoms with Crippen molar-refractivity contribution < 1.29 is 29.6 Å². The third-order valence-electron chi connectivity index (χ3n) is 17.2. The molecule has 3 atom stereocenters. The Morgan fingerprint density at radius 2 is 0.920 bits per heavy atom. The number of carbonyl (C=O) groups is 1. The smallest absolute Gasteiger partial charge is 0.306 e. The summed E-state index contributed by atoms with van der Waals surface area (Å²) in [6.07, 6.45) is 31.3. The molecule has 0 amide bonds. The van der Waals surface area contributed by atoms with E-state index in [-0.39, 0.29) is 22.9 Å². The summed E-state index contributed by atoms with van der Waals surface area (Å²) in [7, 11) is 0. The topological polar surface area (TPSA) is 96.2 Å². The number of esters is 1. The van der Waals surface area contributed by atoms with Crippen LogP contribution in [0.2, 0.25) is 0 Å². The van der Waals surface area contributed by atoms with Gasteiger partial charge in [0.15, 0.2) is 0 Å². The molecule has 4 aromatic rings. The Morgan fingerprint density at radius 3 is 1.29 bits per heavy atom. The predicted molar refractivity (Wildman–Crippen MR) is 318 cm³/mol. The monoisotopic (exact) mass is 1030 g/mol. The highest BCUT2D eigenvalue weighted by Gasteiger charge is 2.33. The van der Waals surface area contributed by atoms with Crippen molar-refractivity contribution >= 4 is 18.1 Å². The number of aromatic hydroxyl groups is 1. The van der Waals surface area contributed by atoms with E-state index in [0.717, 1.165) is 93.1 Å². The minimum absolute atomic E-state index is 0.0760. The summed E-state index contributed by atoms with van der Waals surface area (Å²) >= 11 is 0. The van der Waals surface area contributed by atoms with Crippen molar-refractivity contribution in [2.24, 2.45) is 0 Å². The number of aliphatic hydroxyl groups is 2. The van der Waals surface area contributed by atoms with Gasteiger partial charge in [-0.15, -0.1) is 0 Å². The third kappa shape index (κ3) is 17.7. The molecule has 5 rings (SSSR count). The Kier molecular flexibility index (Phi) is 25.9. The first-order valence-electron chi connectivity index (χ1n) is 29.7. The van der Waals surface area contributed by atoms with Crippen LogP contribution in [-0.2, 0) is 20.4 Å². The fourth-order valence-corrected chi connectivity index (χ4v) is 11.4. The molecule has 414 valence electrons. The molecule has 1 aliphatic heterocycles. The molecule has 1 saturated heterocycles. The molecule has 1 heterocycles. The number of hydrogen-bond acceptors (Lipinski definition) is 6. The molecule has 1 fully saturated rings. The average molecular weight is 1030 g/mol. The molecule has 75 heavy (non-hydrogen) atoms. The number of carbonyl (C=O) groups excluding carboxylic acids is 1. The summed E-state index contributed by atoms with van der Waals surface area (Å²) in [5, 5.41) is 32.4. The largest absolute Gasteiger partial charge is 0.508 e. The molecule has 0 aliphatic carbocycles. The molecule has 6 heteroatoms. The summed E-state index contributed by atoms with van der Waals surface area (Å²) < 4.78 is 11.4. The maximum Gasteiger partial charge on any atom is 0.306 e. The summed E-state index contributed by atoms with van der Waals surface area (Å²) in [6, 6.07) is 26.1. The molecule has 3 N–H and O–H groups in total. The number of cyclic esters (lactones) is 1. The molecule has 0 aromatic heterocycles. The van der Waals surface area contributed by atoms with Crippen molar-refractivity contribution in [3.63, 3.8) is 0 Å². The molecule has 2 unspecified atom stereocenters. The van der Waals surface area contributed by atoms with Crippen LogP contribution in [0.1, 0.15) is 252 Å². The highest BCUT2D eigenvalue weighted by Crippen LogP contribution is 2.43. The second-order valence-electron chi connectivity index (χ2n) is 22.3. The summed E-state index contributed by atoms with van der Waals surface area (Å²) in [5.74, 6) is 1.07. The number of unbranched alkanes of at least 4 members (excludes halogenated alkanes) is 10. The number of phenols is 1. The lowest BCUT2D eigenvalue weighted by molar-refractivity contribution is -0.142. The Bertz CT molecular complexity index is 2400. The van der Waals surface area contributed by atoms with Gasteiger partial charge in [-0.05, 0) is 153 Å². The van der Waals surface area contributed by atoms with Gasteiger partial charge in [-0.1, -0.05) is 217 Å². The van der Waals surface area contributed by atoms with Crippen LogP contribution in [0.4, 0.5) is 0 Å². The minimum atomic E-state index is -0.743. The minimum Gasteiger partial charge on any atom is -0.508 e. The Hall–Kier alpha value is -4.65. The van der Waals surface area contributed by atoms with E-state index in [9.17, 15) is 20.1 Å². The first-order chi connectivity index (χ1) is 35.9. The molecular weight excluding hydrogens is 925 g/mol. The van der Waals surface area contributed by atoms with E-state index in [2.05, 4.69) is 155 Å². The first-order valence-corrected chi connectivity index (χ1v) is 29.7. The van der Waals surface area contributed by atoms with Crippen molar-refractivity contribution in [3.05, 3.63) is 141 Å². The van der Waals surface area contributed by atoms with Gasteiger partial charge in [0.2, 0.25) is 0 Å².